The van der Waals surface area contributed by atoms with Crippen molar-refractivity contribution in [2.24, 2.45) is 11.8 Å². The summed E-state index contributed by atoms with van der Waals surface area (Å²) in [5.74, 6) is -3.99. The molecule has 2 amide bonds. The summed E-state index contributed by atoms with van der Waals surface area (Å²) >= 11 is 0. The highest BCUT2D eigenvalue weighted by Crippen LogP contribution is 2.54. The van der Waals surface area contributed by atoms with Gasteiger partial charge in [0.15, 0.2) is 5.60 Å². The predicted octanol–water partition coefficient (Wildman–Crippen LogP) is 1.26. The molecule has 4 atom stereocenters. The molecule has 8 heteroatoms. The predicted molar refractivity (Wildman–Crippen MR) is 94.7 cm³/mol. The standard InChI is InChI=1S/C20H19NO7/c1-10-4-6-13(7-5-10)21-17(24)15-14-8-9-20(28-14,16(15)18(21)25)19(26-11(2)22)27-12(3)23/h4-9,14-16,19H,1-3H3/t14-,15-,16-,20+/m1/s1. The summed E-state index contributed by atoms with van der Waals surface area (Å²) in [4.78, 5) is 50.6. The molecular formula is C20H19NO7. The molecule has 146 valence electrons. The van der Waals surface area contributed by atoms with E-state index in [4.69, 9.17) is 14.2 Å². The molecule has 3 heterocycles. The average Bonchev–Trinajstić information content (AvgIpc) is 3.26. The van der Waals surface area contributed by atoms with Crippen LogP contribution in [0.15, 0.2) is 36.4 Å². The van der Waals surface area contributed by atoms with Gasteiger partial charge in [-0.2, -0.15) is 0 Å². The fourth-order valence-corrected chi connectivity index (χ4v) is 4.17. The van der Waals surface area contributed by atoms with Crippen molar-refractivity contribution >= 4 is 29.4 Å². The van der Waals surface area contributed by atoms with Crippen LogP contribution < -0.4 is 4.90 Å². The molecule has 2 bridgehead atoms. The number of anilines is 1. The minimum Gasteiger partial charge on any atom is -0.422 e. The smallest absolute Gasteiger partial charge is 0.305 e. The molecule has 1 aromatic carbocycles. The van der Waals surface area contributed by atoms with Crippen molar-refractivity contribution in [1.29, 1.82) is 0 Å². The summed E-state index contributed by atoms with van der Waals surface area (Å²) in [5, 5.41) is 0. The number of carbonyl (C=O) groups is 4. The second kappa shape index (κ2) is 6.27. The second-order valence-corrected chi connectivity index (χ2v) is 7.20. The molecule has 8 nitrogen and oxygen atoms in total. The number of benzene rings is 1. The van der Waals surface area contributed by atoms with Crippen LogP contribution in [0.4, 0.5) is 5.69 Å². The molecule has 28 heavy (non-hydrogen) atoms. The molecule has 4 rings (SSSR count). The normalized spacial score (nSPS) is 30.1. The highest BCUT2D eigenvalue weighted by Gasteiger charge is 2.72. The van der Waals surface area contributed by atoms with Gasteiger partial charge in [0.05, 0.1) is 23.6 Å². The fourth-order valence-electron chi connectivity index (χ4n) is 4.17. The van der Waals surface area contributed by atoms with Crippen LogP contribution in [0.25, 0.3) is 0 Å². The van der Waals surface area contributed by atoms with Crippen molar-refractivity contribution in [2.75, 3.05) is 4.90 Å². The minimum atomic E-state index is -1.53. The lowest BCUT2D eigenvalue weighted by Crippen LogP contribution is -2.52. The van der Waals surface area contributed by atoms with Crippen molar-refractivity contribution in [3.63, 3.8) is 0 Å². The number of ether oxygens (including phenoxy) is 3. The third-order valence-electron chi connectivity index (χ3n) is 5.28. The molecule has 2 saturated heterocycles. The number of amides is 2. The van der Waals surface area contributed by atoms with Crippen molar-refractivity contribution in [3.8, 4) is 0 Å². The fraction of sp³-hybridized carbons (Fsp3) is 0.400. The summed E-state index contributed by atoms with van der Waals surface area (Å²) in [5.41, 5.74) is -0.0748. The number of rotatable bonds is 4. The van der Waals surface area contributed by atoms with Gasteiger partial charge in [0, 0.05) is 13.8 Å². The van der Waals surface area contributed by atoms with Crippen LogP contribution in [0.2, 0.25) is 0 Å². The summed E-state index contributed by atoms with van der Waals surface area (Å²) in [6.45, 7) is 4.23. The Labute approximate surface area is 161 Å². The Morgan fingerprint density at radius 3 is 2.25 bits per heavy atom. The number of imide groups is 1. The van der Waals surface area contributed by atoms with Crippen LogP contribution in [-0.2, 0) is 33.4 Å². The third kappa shape index (κ3) is 2.56. The molecule has 0 radical (unpaired) electrons. The van der Waals surface area contributed by atoms with Crippen molar-refractivity contribution < 1.29 is 33.4 Å². The maximum absolute atomic E-state index is 13.3. The Bertz CT molecular complexity index is 890. The van der Waals surface area contributed by atoms with Gasteiger partial charge in [-0.15, -0.1) is 0 Å². The molecule has 0 aromatic heterocycles. The summed E-state index contributed by atoms with van der Waals surface area (Å²) in [6, 6.07) is 7.02. The molecule has 0 unspecified atom stereocenters. The molecular weight excluding hydrogens is 366 g/mol. The number of fused-ring (bicyclic) bond motifs is 5. The van der Waals surface area contributed by atoms with Gasteiger partial charge in [-0.1, -0.05) is 23.8 Å². The van der Waals surface area contributed by atoms with Gasteiger partial charge in [-0.25, -0.2) is 4.90 Å². The maximum Gasteiger partial charge on any atom is 0.305 e. The van der Waals surface area contributed by atoms with Gasteiger partial charge in [-0.3, -0.25) is 19.2 Å². The first-order valence-electron chi connectivity index (χ1n) is 8.90. The van der Waals surface area contributed by atoms with Crippen LogP contribution >= 0.6 is 0 Å². The van der Waals surface area contributed by atoms with Crippen LogP contribution in [-0.4, -0.2) is 41.7 Å². The lowest BCUT2D eigenvalue weighted by molar-refractivity contribution is -0.226. The molecule has 1 aromatic rings. The Morgan fingerprint density at radius 2 is 1.68 bits per heavy atom. The molecule has 0 saturated carbocycles. The molecule has 3 aliphatic rings. The van der Waals surface area contributed by atoms with E-state index in [-0.39, 0.29) is 5.91 Å². The highest BCUT2D eigenvalue weighted by molar-refractivity contribution is 6.23. The largest absolute Gasteiger partial charge is 0.422 e. The average molecular weight is 385 g/mol. The van der Waals surface area contributed by atoms with E-state index >= 15 is 0 Å². The Hall–Kier alpha value is -3.00. The van der Waals surface area contributed by atoms with Crippen LogP contribution in [0, 0.1) is 18.8 Å². The van der Waals surface area contributed by atoms with Crippen molar-refractivity contribution in [1.82, 2.24) is 0 Å². The molecule has 0 aliphatic carbocycles. The van der Waals surface area contributed by atoms with E-state index in [0.717, 1.165) is 24.3 Å². The van der Waals surface area contributed by atoms with E-state index in [2.05, 4.69) is 0 Å². The summed E-state index contributed by atoms with van der Waals surface area (Å²) in [6.07, 6.45) is 1.07. The van der Waals surface area contributed by atoms with E-state index in [0.29, 0.717) is 5.69 Å². The Morgan fingerprint density at radius 1 is 1.07 bits per heavy atom. The Kier molecular flexibility index (Phi) is 4.11. The van der Waals surface area contributed by atoms with Gasteiger partial charge >= 0.3 is 11.9 Å². The van der Waals surface area contributed by atoms with Crippen molar-refractivity contribution in [3.05, 3.63) is 42.0 Å². The van der Waals surface area contributed by atoms with E-state index in [1.165, 1.54) is 0 Å². The Balaban J connectivity index is 1.74. The number of hydrogen-bond acceptors (Lipinski definition) is 7. The van der Waals surface area contributed by atoms with Crippen molar-refractivity contribution in [2.45, 2.75) is 38.8 Å². The molecule has 0 N–H and O–H groups in total. The zero-order valence-electron chi connectivity index (χ0n) is 15.6. The minimum absolute atomic E-state index is 0.389. The van der Waals surface area contributed by atoms with E-state index in [9.17, 15) is 19.2 Å². The van der Waals surface area contributed by atoms with Crippen LogP contribution in [0.1, 0.15) is 19.4 Å². The van der Waals surface area contributed by atoms with E-state index in [1.54, 1.807) is 24.3 Å². The molecule has 3 aliphatic heterocycles. The van der Waals surface area contributed by atoms with Gasteiger partial charge in [0.25, 0.3) is 6.29 Å². The first kappa shape index (κ1) is 18.4. The summed E-state index contributed by atoms with van der Waals surface area (Å²) < 4.78 is 16.2. The second-order valence-electron chi connectivity index (χ2n) is 7.20. The zero-order valence-corrected chi connectivity index (χ0v) is 15.6. The van der Waals surface area contributed by atoms with Crippen LogP contribution in [0.5, 0.6) is 0 Å². The zero-order chi connectivity index (χ0) is 20.2. The highest BCUT2D eigenvalue weighted by atomic mass is 16.7. The van der Waals surface area contributed by atoms with Gasteiger partial charge in [0.1, 0.15) is 0 Å². The number of aryl methyl sites for hydroxylation is 1. The number of hydrogen-bond donors (Lipinski definition) is 0. The van der Waals surface area contributed by atoms with E-state index < -0.39 is 47.7 Å². The third-order valence-corrected chi connectivity index (χ3v) is 5.28. The van der Waals surface area contributed by atoms with E-state index in [1.807, 2.05) is 19.1 Å². The SMILES string of the molecule is CC(=O)OC(OC(C)=O)[C@@]12C=C[C@@H](O1)[C@H]1C(=O)N(c3ccc(C)cc3)C(=O)[C@@H]12. The van der Waals surface area contributed by atoms with Gasteiger partial charge in [-0.05, 0) is 25.1 Å². The maximum atomic E-state index is 13.3. The lowest BCUT2D eigenvalue weighted by atomic mass is 9.76. The molecule has 0 spiro atoms. The topological polar surface area (TPSA) is 99.2 Å². The van der Waals surface area contributed by atoms with Gasteiger partial charge in [0.2, 0.25) is 11.8 Å². The monoisotopic (exact) mass is 385 g/mol. The number of nitrogens with zero attached hydrogens (tertiary/aromatic N) is 1. The molecule has 2 fully saturated rings. The number of esters is 2. The van der Waals surface area contributed by atoms with Gasteiger partial charge < -0.3 is 14.2 Å². The first-order chi connectivity index (χ1) is 13.2. The number of carbonyl (C=O) groups excluding carboxylic acids is 4. The quantitative estimate of drug-likeness (QED) is 0.333. The lowest BCUT2D eigenvalue weighted by Gasteiger charge is -2.34. The van der Waals surface area contributed by atoms with Crippen LogP contribution in [0.3, 0.4) is 0 Å². The summed E-state index contributed by atoms with van der Waals surface area (Å²) in [7, 11) is 0. The first-order valence-corrected chi connectivity index (χ1v) is 8.90.